The average molecular weight is 500 g/mol. The Labute approximate surface area is 202 Å². The Morgan fingerprint density at radius 2 is 1.78 bits per heavy atom. The fourth-order valence-electron chi connectivity index (χ4n) is 4.77. The predicted molar refractivity (Wildman–Crippen MR) is 120 cm³/mol. The molecule has 3 aromatic rings. The molecule has 2 heterocycles. The second kappa shape index (κ2) is 7.36. The molecule has 0 radical (unpaired) electrons. The number of rotatable bonds is 3. The zero-order valence-electron chi connectivity index (χ0n) is 19.4. The molecule has 0 saturated carbocycles. The molecule has 2 aliphatic rings. The topological polar surface area (TPSA) is 111 Å². The summed E-state index contributed by atoms with van der Waals surface area (Å²) < 4.78 is 48.8. The lowest BCUT2D eigenvalue weighted by Crippen LogP contribution is -2.36. The van der Waals surface area contributed by atoms with E-state index in [0.717, 1.165) is 12.1 Å². The smallest absolute Gasteiger partial charge is 0.507 e. The van der Waals surface area contributed by atoms with Crippen LogP contribution in [0.5, 0.6) is 23.0 Å². The predicted octanol–water partition coefficient (Wildman–Crippen LogP) is 4.89. The molecule has 186 valence electrons. The van der Waals surface area contributed by atoms with Crippen LogP contribution < -0.4 is 9.47 Å². The molecule has 11 heteroatoms. The Bertz CT molecular complexity index is 1520. The van der Waals surface area contributed by atoms with Gasteiger partial charge >= 0.3 is 6.36 Å². The highest BCUT2D eigenvalue weighted by Crippen LogP contribution is 2.58. The third-order valence-corrected chi connectivity index (χ3v) is 6.56. The fraction of sp³-hybridized carbons (Fsp3) is 0.240. The van der Waals surface area contributed by atoms with Crippen LogP contribution in [0.4, 0.5) is 13.2 Å². The maximum Gasteiger partial charge on any atom is 0.573 e. The zero-order chi connectivity index (χ0) is 26.3. The molecule has 1 atom stereocenters. The fourth-order valence-corrected chi connectivity index (χ4v) is 4.77. The number of carbonyl (C=O) groups is 2. The summed E-state index contributed by atoms with van der Waals surface area (Å²) in [5.41, 5.74) is -0.293. The van der Waals surface area contributed by atoms with Crippen LogP contribution in [0, 0.1) is 13.8 Å². The Morgan fingerprint density at radius 1 is 1.14 bits per heavy atom. The second-order valence-electron chi connectivity index (χ2n) is 8.82. The average Bonchev–Trinajstić information content (AvgIpc) is 3.26. The van der Waals surface area contributed by atoms with Crippen LogP contribution in [0.3, 0.4) is 0 Å². The Hall–Kier alpha value is -4.28. The number of hydrogen-bond donors (Lipinski definition) is 2. The van der Waals surface area contributed by atoms with Gasteiger partial charge in [0.05, 0.1) is 28.2 Å². The first kappa shape index (κ1) is 23.5. The third kappa shape index (κ3) is 3.11. The van der Waals surface area contributed by atoms with Crippen LogP contribution in [-0.4, -0.2) is 37.9 Å². The summed E-state index contributed by atoms with van der Waals surface area (Å²) in [6, 6.07) is 4.96. The summed E-state index contributed by atoms with van der Waals surface area (Å²) in [6.45, 7) is 5.82. The number of allylic oxidation sites excluding steroid dienone is 1. The molecule has 1 unspecified atom stereocenters. The van der Waals surface area contributed by atoms with Gasteiger partial charge in [-0.3, -0.25) is 9.59 Å². The first-order valence-corrected chi connectivity index (χ1v) is 10.8. The largest absolute Gasteiger partial charge is 0.573 e. The maximum absolute atomic E-state index is 13.9. The van der Waals surface area contributed by atoms with Crippen molar-refractivity contribution in [2.24, 2.45) is 0 Å². The molecule has 0 spiro atoms. The summed E-state index contributed by atoms with van der Waals surface area (Å²) in [7, 11) is 0. The number of phenols is 2. The molecule has 0 fully saturated rings. The number of Topliss-reactive ketones (excluding diaryl/α,β-unsaturated/α-hetero) is 2. The summed E-state index contributed by atoms with van der Waals surface area (Å²) in [6.07, 6.45) is -3.30. The molecule has 8 nitrogen and oxygen atoms in total. The highest BCUT2D eigenvalue weighted by atomic mass is 19.4. The lowest BCUT2D eigenvalue weighted by Gasteiger charge is -2.27. The molecule has 1 aromatic heterocycles. The number of hydrogen-bond acceptors (Lipinski definition) is 7. The monoisotopic (exact) mass is 500 g/mol. The van der Waals surface area contributed by atoms with Gasteiger partial charge in [-0.25, -0.2) is 4.68 Å². The van der Waals surface area contributed by atoms with E-state index in [4.69, 9.17) is 4.74 Å². The van der Waals surface area contributed by atoms with Crippen molar-refractivity contribution in [1.29, 1.82) is 0 Å². The van der Waals surface area contributed by atoms with E-state index in [2.05, 4.69) is 9.84 Å². The van der Waals surface area contributed by atoms with Crippen LogP contribution in [0.2, 0.25) is 0 Å². The van der Waals surface area contributed by atoms with E-state index in [-0.39, 0.29) is 39.5 Å². The first-order chi connectivity index (χ1) is 16.8. The Morgan fingerprint density at radius 3 is 2.36 bits per heavy atom. The van der Waals surface area contributed by atoms with Gasteiger partial charge in [0, 0.05) is 11.6 Å². The first-order valence-electron chi connectivity index (χ1n) is 10.8. The molecule has 1 aliphatic carbocycles. The normalized spacial score (nSPS) is 18.2. The van der Waals surface area contributed by atoms with E-state index in [0.29, 0.717) is 17.1 Å². The van der Waals surface area contributed by atoms with Crippen molar-refractivity contribution in [1.82, 2.24) is 9.78 Å². The SMILES string of the molecule is CC(=O)c1c(O)c(C)c(O)c2c1OC1=Cc3c(c(C)nn3-c3ccc(OC(F)(F)F)cc3)C(=O)C12C. The highest BCUT2D eigenvalue weighted by Gasteiger charge is 2.55. The van der Waals surface area contributed by atoms with E-state index in [1.807, 2.05) is 0 Å². The third-order valence-electron chi connectivity index (χ3n) is 6.56. The minimum atomic E-state index is -4.84. The Kier molecular flexibility index (Phi) is 4.80. The van der Waals surface area contributed by atoms with Crippen molar-refractivity contribution >= 4 is 17.6 Å². The lowest BCUT2D eigenvalue weighted by atomic mass is 9.71. The number of aromatic hydroxyl groups is 2. The quantitative estimate of drug-likeness (QED) is 0.493. The van der Waals surface area contributed by atoms with E-state index in [1.54, 1.807) is 13.8 Å². The molecule has 0 bridgehead atoms. The maximum atomic E-state index is 13.9. The molecule has 0 amide bonds. The number of nitrogens with zero attached hydrogens (tertiary/aromatic N) is 2. The van der Waals surface area contributed by atoms with Gasteiger partial charge in [0.15, 0.2) is 11.6 Å². The van der Waals surface area contributed by atoms with Gasteiger partial charge in [-0.05, 0) is 52.0 Å². The molecule has 2 aromatic carbocycles. The summed E-state index contributed by atoms with van der Waals surface area (Å²) in [4.78, 5) is 26.2. The van der Waals surface area contributed by atoms with Crippen molar-refractivity contribution in [3.05, 3.63) is 63.7 Å². The molecular formula is C25H19F3N2O6. The minimum Gasteiger partial charge on any atom is -0.507 e. The molecule has 1 aliphatic heterocycles. The van der Waals surface area contributed by atoms with Crippen LogP contribution in [0.15, 0.2) is 30.0 Å². The van der Waals surface area contributed by atoms with E-state index < -0.39 is 34.8 Å². The van der Waals surface area contributed by atoms with Crippen molar-refractivity contribution < 1.29 is 42.4 Å². The number of benzene rings is 2. The number of ether oxygens (including phenoxy) is 2. The van der Waals surface area contributed by atoms with Gasteiger partial charge < -0.3 is 19.7 Å². The zero-order valence-corrected chi connectivity index (χ0v) is 19.4. The van der Waals surface area contributed by atoms with Crippen LogP contribution in [-0.2, 0) is 5.41 Å². The standard InChI is InChI=1S/C25H19F3N2O6/c1-10-20(32)18(12(3)31)22-19(21(10)33)24(4)16(35-22)9-15-17(23(24)34)11(2)29-30(15)13-5-7-14(8-6-13)36-25(26,27)28/h5-9,32-33H,1-4H3. The number of ketones is 2. The van der Waals surface area contributed by atoms with Gasteiger partial charge in [-0.2, -0.15) is 5.10 Å². The summed E-state index contributed by atoms with van der Waals surface area (Å²) in [5, 5.41) is 25.8. The molecule has 0 saturated heterocycles. The number of alkyl halides is 3. The van der Waals surface area contributed by atoms with Crippen molar-refractivity contribution in [3.63, 3.8) is 0 Å². The van der Waals surface area contributed by atoms with E-state index >= 15 is 0 Å². The number of phenolic OH excluding ortho intramolecular Hbond substituents is 2. The number of halogens is 3. The van der Waals surface area contributed by atoms with Crippen LogP contribution in [0.1, 0.15) is 57.1 Å². The number of aromatic nitrogens is 2. The van der Waals surface area contributed by atoms with E-state index in [1.165, 1.54) is 36.7 Å². The van der Waals surface area contributed by atoms with Gasteiger partial charge in [0.1, 0.15) is 39.7 Å². The van der Waals surface area contributed by atoms with Crippen molar-refractivity contribution in [3.8, 4) is 28.7 Å². The van der Waals surface area contributed by atoms with Gasteiger partial charge in [0.2, 0.25) is 0 Å². The summed E-state index contributed by atoms with van der Waals surface area (Å²) >= 11 is 0. The van der Waals surface area contributed by atoms with Crippen molar-refractivity contribution in [2.75, 3.05) is 0 Å². The molecule has 2 N–H and O–H groups in total. The number of fused-ring (bicyclic) bond motifs is 4. The Balaban J connectivity index is 1.68. The highest BCUT2D eigenvalue weighted by molar-refractivity contribution is 6.14. The number of aryl methyl sites for hydroxylation is 1. The number of carbonyl (C=O) groups excluding carboxylic acids is 2. The molecular weight excluding hydrogens is 481 g/mol. The lowest BCUT2D eigenvalue weighted by molar-refractivity contribution is -0.274. The van der Waals surface area contributed by atoms with Crippen molar-refractivity contribution in [2.45, 2.75) is 39.5 Å². The van der Waals surface area contributed by atoms with Gasteiger partial charge in [0.25, 0.3) is 0 Å². The van der Waals surface area contributed by atoms with Crippen LogP contribution in [0.25, 0.3) is 11.8 Å². The second-order valence-corrected chi connectivity index (χ2v) is 8.82. The molecule has 5 rings (SSSR count). The van der Waals surface area contributed by atoms with Crippen LogP contribution >= 0.6 is 0 Å². The summed E-state index contributed by atoms with van der Waals surface area (Å²) in [5.74, 6) is -2.16. The van der Waals surface area contributed by atoms with Gasteiger partial charge in [-0.15, -0.1) is 13.2 Å². The minimum absolute atomic E-state index is 0.0391. The van der Waals surface area contributed by atoms with E-state index in [9.17, 15) is 33.0 Å². The molecule has 36 heavy (non-hydrogen) atoms. The van der Waals surface area contributed by atoms with Gasteiger partial charge in [-0.1, -0.05) is 0 Å².